The van der Waals surface area contributed by atoms with Crippen LogP contribution in [-0.4, -0.2) is 23.5 Å². The molecular weight excluding hydrogens is 246 g/mol. The average Bonchev–Trinajstić information content (AvgIpc) is 2.30. The van der Waals surface area contributed by atoms with Crippen LogP contribution in [0.4, 0.5) is 11.4 Å². The van der Waals surface area contributed by atoms with Gasteiger partial charge in [-0.25, -0.2) is 0 Å². The van der Waals surface area contributed by atoms with Crippen molar-refractivity contribution in [1.29, 1.82) is 0 Å². The van der Waals surface area contributed by atoms with Crippen LogP contribution in [0, 0.1) is 0 Å². The van der Waals surface area contributed by atoms with E-state index in [9.17, 15) is 4.79 Å². The zero-order valence-electron chi connectivity index (χ0n) is 10.5. The molecule has 0 saturated heterocycles. The number of hydrogen-bond donors (Lipinski definition) is 3. The molecule has 1 aromatic carbocycles. The zero-order valence-corrected chi connectivity index (χ0v) is 11.3. The van der Waals surface area contributed by atoms with Gasteiger partial charge in [-0.2, -0.15) is 11.8 Å². The molecule has 1 saturated carbocycles. The molecule has 4 nitrogen and oxygen atoms in total. The Labute approximate surface area is 111 Å². The first-order valence-corrected chi connectivity index (χ1v) is 7.27. The fourth-order valence-corrected chi connectivity index (χ4v) is 3.06. The molecule has 0 unspecified atom stereocenters. The van der Waals surface area contributed by atoms with Gasteiger partial charge in [0.05, 0.1) is 11.4 Å². The van der Waals surface area contributed by atoms with Gasteiger partial charge in [0.1, 0.15) is 0 Å². The summed E-state index contributed by atoms with van der Waals surface area (Å²) in [4.78, 5) is 11.1. The summed E-state index contributed by atoms with van der Waals surface area (Å²) >= 11 is 1.90. The Bertz CT molecular complexity index is 452. The molecule has 0 atom stereocenters. The molecule has 5 N–H and O–H groups in total. The van der Waals surface area contributed by atoms with Gasteiger partial charge in [0.15, 0.2) is 0 Å². The van der Waals surface area contributed by atoms with Crippen molar-refractivity contribution >= 4 is 29.0 Å². The Kier molecular flexibility index (Phi) is 3.71. The predicted molar refractivity (Wildman–Crippen MR) is 78.0 cm³/mol. The third-order valence-corrected chi connectivity index (χ3v) is 5.06. The van der Waals surface area contributed by atoms with E-state index < -0.39 is 5.91 Å². The third-order valence-electron chi connectivity index (χ3n) is 3.64. The van der Waals surface area contributed by atoms with Crippen molar-refractivity contribution in [1.82, 2.24) is 0 Å². The molecule has 0 heterocycles. The largest absolute Gasteiger partial charge is 0.397 e. The van der Waals surface area contributed by atoms with E-state index in [2.05, 4.69) is 11.6 Å². The summed E-state index contributed by atoms with van der Waals surface area (Å²) in [5, 5.41) is 3.35. The summed E-state index contributed by atoms with van der Waals surface area (Å²) in [6.07, 6.45) is 5.90. The number of anilines is 2. The van der Waals surface area contributed by atoms with Gasteiger partial charge in [0.25, 0.3) is 0 Å². The first-order valence-electron chi connectivity index (χ1n) is 6.05. The Hall–Kier alpha value is -1.36. The van der Waals surface area contributed by atoms with Crippen molar-refractivity contribution in [3.63, 3.8) is 0 Å². The fraction of sp³-hybridized carbons (Fsp3) is 0.462. The highest BCUT2D eigenvalue weighted by atomic mass is 32.2. The van der Waals surface area contributed by atoms with Crippen molar-refractivity contribution in [3.05, 3.63) is 23.8 Å². The average molecular weight is 265 g/mol. The van der Waals surface area contributed by atoms with Crippen LogP contribution in [0.5, 0.6) is 0 Å². The van der Waals surface area contributed by atoms with E-state index >= 15 is 0 Å². The van der Waals surface area contributed by atoms with Crippen molar-refractivity contribution in [2.24, 2.45) is 5.73 Å². The lowest BCUT2D eigenvalue weighted by Gasteiger charge is -2.40. The summed E-state index contributed by atoms with van der Waals surface area (Å²) < 4.78 is 0.329. The van der Waals surface area contributed by atoms with Gasteiger partial charge in [-0.1, -0.05) is 6.42 Å². The highest BCUT2D eigenvalue weighted by Crippen LogP contribution is 2.43. The smallest absolute Gasteiger partial charge is 0.248 e. The van der Waals surface area contributed by atoms with Gasteiger partial charge in [0.2, 0.25) is 5.91 Å². The fourth-order valence-electron chi connectivity index (χ4n) is 2.14. The normalized spacial score (nSPS) is 16.9. The zero-order chi connectivity index (χ0) is 13.2. The highest BCUT2D eigenvalue weighted by molar-refractivity contribution is 8.00. The van der Waals surface area contributed by atoms with E-state index in [1.165, 1.54) is 19.3 Å². The van der Waals surface area contributed by atoms with Crippen LogP contribution in [-0.2, 0) is 0 Å². The van der Waals surface area contributed by atoms with Crippen molar-refractivity contribution < 1.29 is 4.79 Å². The highest BCUT2D eigenvalue weighted by Gasteiger charge is 2.35. The molecule has 98 valence electrons. The van der Waals surface area contributed by atoms with Crippen LogP contribution in [0.3, 0.4) is 0 Å². The molecule has 1 aromatic rings. The van der Waals surface area contributed by atoms with Crippen molar-refractivity contribution in [3.8, 4) is 0 Å². The Balaban J connectivity index is 2.08. The SMILES string of the molecule is CSC1(CNc2cc(C(N)=O)ccc2N)CCC1. The summed E-state index contributed by atoms with van der Waals surface area (Å²) in [5.74, 6) is -0.429. The summed E-state index contributed by atoms with van der Waals surface area (Å²) in [7, 11) is 0. The van der Waals surface area contributed by atoms with Gasteiger partial charge in [-0.3, -0.25) is 4.79 Å². The van der Waals surface area contributed by atoms with Gasteiger partial charge in [0, 0.05) is 16.9 Å². The number of nitrogen functional groups attached to an aromatic ring is 1. The maximum atomic E-state index is 11.1. The van der Waals surface area contributed by atoms with Crippen LogP contribution < -0.4 is 16.8 Å². The summed E-state index contributed by atoms with van der Waals surface area (Å²) in [6, 6.07) is 5.09. The molecule has 0 aromatic heterocycles. The third kappa shape index (κ3) is 2.56. The molecule has 1 fully saturated rings. The standard InChI is InChI=1S/C13H19N3OS/c1-18-13(5-2-6-13)8-16-11-7-9(12(15)17)3-4-10(11)14/h3-4,7,16H,2,5-6,8,14H2,1H3,(H2,15,17). The molecule has 2 rings (SSSR count). The maximum Gasteiger partial charge on any atom is 0.248 e. The topological polar surface area (TPSA) is 81.1 Å². The van der Waals surface area contributed by atoms with Crippen LogP contribution in [0.1, 0.15) is 29.6 Å². The number of hydrogen-bond acceptors (Lipinski definition) is 4. The van der Waals surface area contributed by atoms with Crippen LogP contribution >= 0.6 is 11.8 Å². The van der Waals surface area contributed by atoms with E-state index in [0.29, 0.717) is 16.0 Å². The van der Waals surface area contributed by atoms with Crippen molar-refractivity contribution in [2.75, 3.05) is 23.9 Å². The van der Waals surface area contributed by atoms with Gasteiger partial charge in [-0.15, -0.1) is 0 Å². The number of primary amides is 1. The second kappa shape index (κ2) is 5.10. The molecule has 18 heavy (non-hydrogen) atoms. The second-order valence-electron chi connectivity index (χ2n) is 4.76. The molecule has 0 aliphatic heterocycles. The van der Waals surface area contributed by atoms with Crippen LogP contribution in [0.25, 0.3) is 0 Å². The predicted octanol–water partition coefficient (Wildman–Crippen LogP) is 2.07. The molecule has 0 spiro atoms. The van der Waals surface area contributed by atoms with E-state index in [-0.39, 0.29) is 0 Å². The second-order valence-corrected chi connectivity index (χ2v) is 6.03. The Morgan fingerprint density at radius 2 is 2.22 bits per heavy atom. The number of nitrogens with one attached hydrogen (secondary N) is 1. The number of benzene rings is 1. The number of amides is 1. The Morgan fingerprint density at radius 3 is 2.72 bits per heavy atom. The van der Waals surface area contributed by atoms with E-state index in [1.54, 1.807) is 18.2 Å². The van der Waals surface area contributed by atoms with Crippen LogP contribution in [0.2, 0.25) is 0 Å². The number of carbonyl (C=O) groups excluding carboxylic acids is 1. The Morgan fingerprint density at radius 1 is 1.50 bits per heavy atom. The number of carbonyl (C=O) groups is 1. The minimum Gasteiger partial charge on any atom is -0.397 e. The van der Waals surface area contributed by atoms with E-state index in [0.717, 1.165) is 12.2 Å². The van der Waals surface area contributed by atoms with Crippen molar-refractivity contribution in [2.45, 2.75) is 24.0 Å². The van der Waals surface area contributed by atoms with Gasteiger partial charge < -0.3 is 16.8 Å². The molecule has 5 heteroatoms. The minimum atomic E-state index is -0.429. The van der Waals surface area contributed by atoms with Gasteiger partial charge in [-0.05, 0) is 37.3 Å². The first-order chi connectivity index (χ1) is 8.56. The first kappa shape index (κ1) is 13.1. The summed E-state index contributed by atoms with van der Waals surface area (Å²) in [6.45, 7) is 0.876. The van der Waals surface area contributed by atoms with Crippen LogP contribution in [0.15, 0.2) is 18.2 Å². The maximum absolute atomic E-state index is 11.1. The van der Waals surface area contributed by atoms with E-state index in [4.69, 9.17) is 11.5 Å². The molecule has 1 aliphatic carbocycles. The number of thioether (sulfide) groups is 1. The molecule has 0 radical (unpaired) electrons. The molecule has 0 bridgehead atoms. The number of nitrogens with two attached hydrogens (primary N) is 2. The lowest BCUT2D eigenvalue weighted by atomic mass is 9.84. The number of rotatable bonds is 5. The lowest BCUT2D eigenvalue weighted by molar-refractivity contribution is 0.100. The summed E-state index contributed by atoms with van der Waals surface area (Å²) in [5.41, 5.74) is 13.1. The monoisotopic (exact) mass is 265 g/mol. The van der Waals surface area contributed by atoms with E-state index in [1.807, 2.05) is 11.8 Å². The molecular formula is C13H19N3OS. The molecule has 1 aliphatic rings. The van der Waals surface area contributed by atoms with Gasteiger partial charge >= 0.3 is 0 Å². The molecule has 1 amide bonds. The quantitative estimate of drug-likeness (QED) is 0.712. The lowest BCUT2D eigenvalue weighted by Crippen LogP contribution is -2.40. The minimum absolute atomic E-state index is 0.329.